The predicted octanol–water partition coefficient (Wildman–Crippen LogP) is 0.257. The van der Waals surface area contributed by atoms with Crippen LogP contribution < -0.4 is 4.72 Å². The molecule has 0 aromatic rings. The summed E-state index contributed by atoms with van der Waals surface area (Å²) in [6.45, 7) is 6.74. The van der Waals surface area contributed by atoms with Gasteiger partial charge in [-0.2, -0.15) is 12.7 Å². The molecule has 0 aromatic heterocycles. The molecule has 1 rings (SSSR count). The number of nitrogens with zero attached hydrogens (tertiary/aromatic N) is 2. The highest BCUT2D eigenvalue weighted by atomic mass is 32.2. The molecule has 0 bridgehead atoms. The number of hydrogen-bond donors (Lipinski definition) is 1. The lowest BCUT2D eigenvalue weighted by atomic mass is 10.0. The summed E-state index contributed by atoms with van der Waals surface area (Å²) in [7, 11) is -0.238. The van der Waals surface area contributed by atoms with Crippen LogP contribution in [0.25, 0.3) is 0 Å². The van der Waals surface area contributed by atoms with E-state index in [1.807, 2.05) is 0 Å². The number of nitrogens with one attached hydrogen (secondary N) is 1. The molecular weight excluding hydrogens is 226 g/mol. The quantitative estimate of drug-likeness (QED) is 0.760. The van der Waals surface area contributed by atoms with Crippen molar-refractivity contribution < 1.29 is 8.42 Å². The van der Waals surface area contributed by atoms with Crippen LogP contribution in [0.15, 0.2) is 0 Å². The van der Waals surface area contributed by atoms with Gasteiger partial charge >= 0.3 is 0 Å². The maximum Gasteiger partial charge on any atom is 0.278 e. The second kappa shape index (κ2) is 5.00. The van der Waals surface area contributed by atoms with Crippen LogP contribution in [0.2, 0.25) is 0 Å². The SMILES string of the molecule is CN(C)S(=O)(=O)NCC(C)(C)N1CCCC1. The molecule has 1 fully saturated rings. The van der Waals surface area contributed by atoms with Gasteiger partial charge in [-0.3, -0.25) is 4.90 Å². The lowest BCUT2D eigenvalue weighted by Crippen LogP contribution is -2.52. The van der Waals surface area contributed by atoms with Crippen LogP contribution in [0.4, 0.5) is 0 Å². The van der Waals surface area contributed by atoms with Crippen LogP contribution in [0, 0.1) is 0 Å². The molecule has 1 aliphatic heterocycles. The van der Waals surface area contributed by atoms with E-state index in [0.29, 0.717) is 6.54 Å². The van der Waals surface area contributed by atoms with Crippen molar-refractivity contribution in [3.63, 3.8) is 0 Å². The Labute approximate surface area is 99.0 Å². The molecular formula is C10H23N3O2S. The highest BCUT2D eigenvalue weighted by Gasteiger charge is 2.30. The zero-order valence-corrected chi connectivity index (χ0v) is 11.5. The molecule has 0 unspecified atom stereocenters. The Kier molecular flexibility index (Phi) is 4.34. The van der Waals surface area contributed by atoms with Crippen LogP contribution in [-0.4, -0.2) is 56.9 Å². The minimum Gasteiger partial charge on any atom is -0.297 e. The van der Waals surface area contributed by atoms with E-state index < -0.39 is 10.2 Å². The van der Waals surface area contributed by atoms with Crippen LogP contribution in [0.5, 0.6) is 0 Å². The summed E-state index contributed by atoms with van der Waals surface area (Å²) < 4.78 is 27.0. The van der Waals surface area contributed by atoms with Crippen LogP contribution in [0.1, 0.15) is 26.7 Å². The number of rotatable bonds is 5. The summed E-state index contributed by atoms with van der Waals surface area (Å²) in [6.07, 6.45) is 2.42. The highest BCUT2D eigenvalue weighted by molar-refractivity contribution is 7.87. The van der Waals surface area contributed by atoms with E-state index in [0.717, 1.165) is 13.1 Å². The minimum absolute atomic E-state index is 0.112. The average molecular weight is 249 g/mol. The van der Waals surface area contributed by atoms with Crippen molar-refractivity contribution in [1.29, 1.82) is 0 Å². The maximum atomic E-state index is 11.6. The van der Waals surface area contributed by atoms with Crippen molar-refractivity contribution in [3.05, 3.63) is 0 Å². The van der Waals surface area contributed by atoms with Crippen LogP contribution in [-0.2, 0) is 10.2 Å². The van der Waals surface area contributed by atoms with Gasteiger partial charge in [0.2, 0.25) is 0 Å². The van der Waals surface area contributed by atoms with Crippen molar-refractivity contribution in [3.8, 4) is 0 Å². The normalized spacial score (nSPS) is 19.6. The molecule has 0 atom stereocenters. The molecule has 1 N–H and O–H groups in total. The van der Waals surface area contributed by atoms with Gasteiger partial charge in [0.05, 0.1) is 0 Å². The van der Waals surface area contributed by atoms with Gasteiger partial charge in [-0.15, -0.1) is 0 Å². The highest BCUT2D eigenvalue weighted by Crippen LogP contribution is 2.20. The van der Waals surface area contributed by atoms with Gasteiger partial charge in [0, 0.05) is 26.2 Å². The van der Waals surface area contributed by atoms with Crippen LogP contribution >= 0.6 is 0 Å². The fraction of sp³-hybridized carbons (Fsp3) is 1.00. The molecule has 0 radical (unpaired) electrons. The lowest BCUT2D eigenvalue weighted by molar-refractivity contribution is 0.158. The molecule has 6 heteroatoms. The zero-order chi connectivity index (χ0) is 12.4. The Morgan fingerprint density at radius 1 is 1.25 bits per heavy atom. The largest absolute Gasteiger partial charge is 0.297 e. The number of likely N-dealkylation sites (tertiary alicyclic amines) is 1. The first-order chi connectivity index (χ1) is 7.26. The van der Waals surface area contributed by atoms with E-state index in [2.05, 4.69) is 23.5 Å². The Hall–Kier alpha value is -0.170. The van der Waals surface area contributed by atoms with E-state index in [-0.39, 0.29) is 5.54 Å². The Bertz CT molecular complexity index is 319. The Balaban J connectivity index is 2.53. The lowest BCUT2D eigenvalue weighted by Gasteiger charge is -2.35. The molecule has 96 valence electrons. The van der Waals surface area contributed by atoms with E-state index in [1.54, 1.807) is 0 Å². The van der Waals surface area contributed by atoms with Crippen molar-refractivity contribution >= 4 is 10.2 Å². The average Bonchev–Trinajstić information content (AvgIpc) is 2.68. The third-order valence-corrected chi connectivity index (χ3v) is 4.60. The first kappa shape index (κ1) is 13.9. The van der Waals surface area contributed by atoms with Gasteiger partial charge in [-0.25, -0.2) is 4.72 Å². The maximum absolute atomic E-state index is 11.6. The molecule has 0 amide bonds. The van der Waals surface area contributed by atoms with E-state index >= 15 is 0 Å². The van der Waals surface area contributed by atoms with Gasteiger partial charge in [-0.1, -0.05) is 0 Å². The topological polar surface area (TPSA) is 52.7 Å². The molecule has 0 aliphatic carbocycles. The Morgan fingerprint density at radius 2 is 1.75 bits per heavy atom. The predicted molar refractivity (Wildman–Crippen MR) is 65.5 cm³/mol. The Morgan fingerprint density at radius 3 is 2.19 bits per heavy atom. The summed E-state index contributed by atoms with van der Waals surface area (Å²) in [4.78, 5) is 2.34. The van der Waals surface area contributed by atoms with Gasteiger partial charge in [-0.05, 0) is 39.8 Å². The second-order valence-corrected chi connectivity index (χ2v) is 7.08. The van der Waals surface area contributed by atoms with Gasteiger partial charge < -0.3 is 0 Å². The fourth-order valence-electron chi connectivity index (χ4n) is 1.83. The summed E-state index contributed by atoms with van der Waals surface area (Å²) in [5.41, 5.74) is -0.112. The van der Waals surface area contributed by atoms with E-state index in [9.17, 15) is 8.42 Å². The minimum atomic E-state index is -3.30. The fourth-order valence-corrected chi connectivity index (χ4v) is 2.62. The first-order valence-corrected chi connectivity index (χ1v) is 7.12. The molecule has 1 aliphatic rings. The molecule has 1 heterocycles. The third-order valence-electron chi connectivity index (χ3n) is 3.13. The summed E-state index contributed by atoms with van der Waals surface area (Å²) >= 11 is 0. The molecule has 0 spiro atoms. The summed E-state index contributed by atoms with van der Waals surface area (Å²) in [5.74, 6) is 0. The van der Waals surface area contributed by atoms with E-state index in [1.165, 1.54) is 31.2 Å². The molecule has 5 nitrogen and oxygen atoms in total. The molecule has 0 aromatic carbocycles. The van der Waals surface area contributed by atoms with Crippen molar-refractivity contribution in [2.45, 2.75) is 32.2 Å². The number of hydrogen-bond acceptors (Lipinski definition) is 3. The monoisotopic (exact) mass is 249 g/mol. The van der Waals surface area contributed by atoms with Gasteiger partial charge in [0.1, 0.15) is 0 Å². The standard InChI is InChI=1S/C10H23N3O2S/c1-10(2,13-7-5-6-8-13)9-11-16(14,15)12(3)4/h11H,5-9H2,1-4H3. The second-order valence-electron chi connectivity index (χ2n) is 5.12. The van der Waals surface area contributed by atoms with E-state index in [4.69, 9.17) is 0 Å². The van der Waals surface area contributed by atoms with Crippen molar-refractivity contribution in [1.82, 2.24) is 13.9 Å². The molecule has 1 saturated heterocycles. The molecule has 16 heavy (non-hydrogen) atoms. The van der Waals surface area contributed by atoms with Gasteiger partial charge in [0.25, 0.3) is 10.2 Å². The smallest absolute Gasteiger partial charge is 0.278 e. The van der Waals surface area contributed by atoms with Crippen LogP contribution in [0.3, 0.4) is 0 Å². The first-order valence-electron chi connectivity index (χ1n) is 5.68. The van der Waals surface area contributed by atoms with Crippen molar-refractivity contribution in [2.75, 3.05) is 33.7 Å². The van der Waals surface area contributed by atoms with Gasteiger partial charge in [0.15, 0.2) is 0 Å². The zero-order valence-electron chi connectivity index (χ0n) is 10.7. The molecule has 0 saturated carbocycles. The third kappa shape index (κ3) is 3.41. The van der Waals surface area contributed by atoms with Crippen molar-refractivity contribution in [2.24, 2.45) is 0 Å². The summed E-state index contributed by atoms with van der Waals surface area (Å²) in [5, 5.41) is 0. The summed E-state index contributed by atoms with van der Waals surface area (Å²) in [6, 6.07) is 0.